The van der Waals surface area contributed by atoms with Crippen molar-refractivity contribution >= 4 is 22.8 Å². The molecule has 0 radical (unpaired) electrons. The first kappa shape index (κ1) is 16.1. The molecular formula is C16H12N4O5. The first-order valence-corrected chi connectivity index (χ1v) is 7.12. The maximum atomic E-state index is 12.4. The summed E-state index contributed by atoms with van der Waals surface area (Å²) >= 11 is 0. The average Bonchev–Trinajstić information content (AvgIpc) is 2.61. The molecule has 0 aliphatic rings. The van der Waals surface area contributed by atoms with Crippen LogP contribution in [0.1, 0.15) is 5.56 Å². The molecule has 0 aliphatic heterocycles. The van der Waals surface area contributed by atoms with Gasteiger partial charge in [0.2, 0.25) is 5.75 Å². The highest BCUT2D eigenvalue weighted by Crippen LogP contribution is 2.29. The van der Waals surface area contributed by atoms with E-state index in [0.717, 1.165) is 6.21 Å². The van der Waals surface area contributed by atoms with Gasteiger partial charge in [0.15, 0.2) is 0 Å². The summed E-state index contributed by atoms with van der Waals surface area (Å²) in [5, 5.41) is 15.2. The van der Waals surface area contributed by atoms with Crippen molar-refractivity contribution in [3.63, 3.8) is 0 Å². The Morgan fingerprint density at radius 3 is 2.68 bits per heavy atom. The average molecular weight is 340 g/mol. The van der Waals surface area contributed by atoms with Crippen LogP contribution in [-0.2, 0) is 0 Å². The molecule has 1 heterocycles. The Labute approximate surface area is 140 Å². The molecule has 0 aliphatic carbocycles. The molecule has 1 aromatic heterocycles. The standard InChI is InChI=1S/C16H12N4O5/c1-25-14-10(5-4-8-13(14)20(23)24)9-17-19-15(21)11-6-2-3-7-12(11)18-16(19)22/h2-9H,1H3,(H,18,22). The molecule has 9 heteroatoms. The van der Waals surface area contributed by atoms with E-state index in [1.807, 2.05) is 0 Å². The van der Waals surface area contributed by atoms with E-state index >= 15 is 0 Å². The molecule has 1 N–H and O–H groups in total. The van der Waals surface area contributed by atoms with Gasteiger partial charge in [-0.3, -0.25) is 14.9 Å². The molecular weight excluding hydrogens is 328 g/mol. The summed E-state index contributed by atoms with van der Waals surface area (Å²) in [5.74, 6) is -0.0125. The lowest BCUT2D eigenvalue weighted by molar-refractivity contribution is -0.385. The number of nitrogens with zero attached hydrogens (tertiary/aromatic N) is 3. The molecule has 0 bridgehead atoms. The number of nitrogens with one attached hydrogen (secondary N) is 1. The largest absolute Gasteiger partial charge is 0.490 e. The lowest BCUT2D eigenvalue weighted by Gasteiger charge is -2.05. The van der Waals surface area contributed by atoms with E-state index in [-0.39, 0.29) is 17.0 Å². The van der Waals surface area contributed by atoms with Crippen LogP contribution in [0.3, 0.4) is 0 Å². The minimum absolute atomic E-state index is 0.0125. The van der Waals surface area contributed by atoms with Crippen LogP contribution in [0.5, 0.6) is 5.75 Å². The van der Waals surface area contributed by atoms with Crippen LogP contribution in [0.4, 0.5) is 5.69 Å². The number of para-hydroxylation sites is 2. The first-order chi connectivity index (χ1) is 12.0. The van der Waals surface area contributed by atoms with Crippen LogP contribution in [0.15, 0.2) is 57.2 Å². The molecule has 2 aromatic carbocycles. The molecule has 0 spiro atoms. The van der Waals surface area contributed by atoms with Crippen LogP contribution in [0, 0.1) is 10.1 Å². The molecule has 0 atom stereocenters. The van der Waals surface area contributed by atoms with Crippen molar-refractivity contribution in [1.29, 1.82) is 0 Å². The van der Waals surface area contributed by atoms with E-state index in [2.05, 4.69) is 10.1 Å². The Hall–Kier alpha value is -3.75. The zero-order chi connectivity index (χ0) is 18.0. The fourth-order valence-corrected chi connectivity index (χ4v) is 2.39. The lowest BCUT2D eigenvalue weighted by Crippen LogP contribution is -2.32. The summed E-state index contributed by atoms with van der Waals surface area (Å²) in [6, 6.07) is 10.8. The number of ether oxygens (including phenoxy) is 1. The predicted octanol–water partition coefficient (Wildman–Crippen LogP) is 1.49. The van der Waals surface area contributed by atoms with Gasteiger partial charge in [-0.15, -0.1) is 4.68 Å². The highest BCUT2D eigenvalue weighted by Gasteiger charge is 2.17. The van der Waals surface area contributed by atoms with Crippen molar-refractivity contribution in [2.45, 2.75) is 0 Å². The number of rotatable bonds is 4. The zero-order valence-electron chi connectivity index (χ0n) is 13.0. The van der Waals surface area contributed by atoms with Crippen molar-refractivity contribution in [2.75, 3.05) is 7.11 Å². The van der Waals surface area contributed by atoms with Gasteiger partial charge in [0.05, 0.1) is 29.2 Å². The molecule has 3 rings (SSSR count). The SMILES string of the molecule is COc1c(C=Nn2c(=O)[nH]c3ccccc3c2=O)cccc1[N+](=O)[O-]. The van der Waals surface area contributed by atoms with E-state index in [4.69, 9.17) is 4.74 Å². The summed E-state index contributed by atoms with van der Waals surface area (Å²) in [6.07, 6.45) is 1.16. The van der Waals surface area contributed by atoms with Gasteiger partial charge in [-0.1, -0.05) is 18.2 Å². The molecule has 3 aromatic rings. The predicted molar refractivity (Wildman–Crippen MR) is 91.5 cm³/mol. The molecule has 0 unspecified atom stereocenters. The van der Waals surface area contributed by atoms with Crippen molar-refractivity contribution in [1.82, 2.24) is 9.66 Å². The van der Waals surface area contributed by atoms with Crippen LogP contribution in [-0.4, -0.2) is 27.9 Å². The van der Waals surface area contributed by atoms with E-state index in [9.17, 15) is 19.7 Å². The molecule has 9 nitrogen and oxygen atoms in total. The fraction of sp³-hybridized carbons (Fsp3) is 0.0625. The minimum Gasteiger partial charge on any atom is -0.490 e. The van der Waals surface area contributed by atoms with Gasteiger partial charge < -0.3 is 9.72 Å². The monoisotopic (exact) mass is 340 g/mol. The fourth-order valence-electron chi connectivity index (χ4n) is 2.39. The van der Waals surface area contributed by atoms with Gasteiger partial charge in [-0.2, -0.15) is 5.10 Å². The highest BCUT2D eigenvalue weighted by atomic mass is 16.6. The molecule has 25 heavy (non-hydrogen) atoms. The Balaban J connectivity index is 2.14. The Morgan fingerprint density at radius 2 is 1.96 bits per heavy atom. The number of hydrogen-bond donors (Lipinski definition) is 1. The quantitative estimate of drug-likeness (QED) is 0.438. The second-order valence-electron chi connectivity index (χ2n) is 4.99. The second-order valence-corrected chi connectivity index (χ2v) is 4.99. The van der Waals surface area contributed by atoms with Crippen molar-refractivity contribution in [3.8, 4) is 5.75 Å². The maximum Gasteiger partial charge on any atom is 0.349 e. The minimum atomic E-state index is -0.718. The smallest absolute Gasteiger partial charge is 0.349 e. The number of fused-ring (bicyclic) bond motifs is 1. The number of hydrogen-bond acceptors (Lipinski definition) is 6. The third-order valence-electron chi connectivity index (χ3n) is 3.52. The molecule has 126 valence electrons. The summed E-state index contributed by atoms with van der Waals surface area (Å²) < 4.78 is 5.70. The van der Waals surface area contributed by atoms with Gasteiger partial charge in [0, 0.05) is 11.6 Å². The van der Waals surface area contributed by atoms with E-state index < -0.39 is 16.2 Å². The molecule has 0 saturated heterocycles. The van der Waals surface area contributed by atoms with Crippen LogP contribution >= 0.6 is 0 Å². The zero-order valence-corrected chi connectivity index (χ0v) is 13.0. The van der Waals surface area contributed by atoms with E-state index in [1.165, 1.54) is 25.3 Å². The van der Waals surface area contributed by atoms with Gasteiger partial charge in [0.1, 0.15) is 0 Å². The van der Waals surface area contributed by atoms with Crippen molar-refractivity contribution < 1.29 is 9.66 Å². The maximum absolute atomic E-state index is 12.4. The Kier molecular flexibility index (Phi) is 4.12. The molecule has 0 saturated carbocycles. The van der Waals surface area contributed by atoms with Gasteiger partial charge in [0.25, 0.3) is 5.56 Å². The number of aromatic amines is 1. The van der Waals surface area contributed by atoms with Crippen molar-refractivity contribution in [2.24, 2.45) is 5.10 Å². The van der Waals surface area contributed by atoms with Crippen molar-refractivity contribution in [3.05, 3.63) is 79.0 Å². The Morgan fingerprint density at radius 1 is 1.20 bits per heavy atom. The number of H-pyrrole nitrogens is 1. The number of nitro benzene ring substituents is 1. The van der Waals surface area contributed by atoms with Crippen LogP contribution in [0.25, 0.3) is 10.9 Å². The Bertz CT molecular complexity index is 1110. The summed E-state index contributed by atoms with van der Waals surface area (Å²) in [5.41, 5.74) is -0.899. The highest BCUT2D eigenvalue weighted by molar-refractivity contribution is 5.86. The van der Waals surface area contributed by atoms with Gasteiger partial charge in [-0.05, 0) is 18.2 Å². The number of aromatic nitrogens is 2. The third-order valence-corrected chi connectivity index (χ3v) is 3.52. The molecule has 0 amide bonds. The number of methoxy groups -OCH3 is 1. The van der Waals surface area contributed by atoms with Crippen LogP contribution < -0.4 is 16.0 Å². The second kappa shape index (κ2) is 6.40. The van der Waals surface area contributed by atoms with Gasteiger partial charge >= 0.3 is 11.4 Å². The van der Waals surface area contributed by atoms with Gasteiger partial charge in [-0.25, -0.2) is 4.79 Å². The first-order valence-electron chi connectivity index (χ1n) is 7.12. The van der Waals surface area contributed by atoms with E-state index in [0.29, 0.717) is 15.6 Å². The third kappa shape index (κ3) is 2.90. The number of benzene rings is 2. The molecule has 0 fully saturated rings. The van der Waals surface area contributed by atoms with Crippen LogP contribution in [0.2, 0.25) is 0 Å². The summed E-state index contributed by atoms with van der Waals surface area (Å²) in [4.78, 5) is 37.4. The van der Waals surface area contributed by atoms with E-state index in [1.54, 1.807) is 24.3 Å². The number of nitro groups is 1. The summed E-state index contributed by atoms with van der Waals surface area (Å²) in [7, 11) is 1.29. The normalized spacial score (nSPS) is 11.1. The lowest BCUT2D eigenvalue weighted by atomic mass is 10.2. The summed E-state index contributed by atoms with van der Waals surface area (Å²) in [6.45, 7) is 0. The topological polar surface area (TPSA) is 120 Å².